The lowest BCUT2D eigenvalue weighted by atomic mass is 10.1. The summed E-state index contributed by atoms with van der Waals surface area (Å²) in [6.07, 6.45) is -6.84. The van der Waals surface area contributed by atoms with Gasteiger partial charge in [0.05, 0.1) is 0 Å². The van der Waals surface area contributed by atoms with Gasteiger partial charge in [0, 0.05) is 0 Å². The van der Waals surface area contributed by atoms with E-state index in [9.17, 15) is 44.2 Å². The van der Waals surface area contributed by atoms with E-state index in [0.717, 1.165) is 0 Å². The smallest absolute Gasteiger partial charge is 0.190 e. The molecule has 12 heteroatoms. The van der Waals surface area contributed by atoms with Gasteiger partial charge in [0.2, 0.25) is 0 Å². The summed E-state index contributed by atoms with van der Waals surface area (Å²) >= 11 is 0. The van der Waals surface area contributed by atoms with E-state index in [1.807, 2.05) is 0 Å². The monoisotopic (exact) mass is 266 g/mol. The van der Waals surface area contributed by atoms with Crippen molar-refractivity contribution in [3.8, 4) is 0 Å². The maximum Gasteiger partial charge on any atom is 0.460 e. The Balaban J connectivity index is 5.52. The van der Waals surface area contributed by atoms with Gasteiger partial charge in [-0.3, -0.25) is 0 Å². The van der Waals surface area contributed by atoms with Crippen molar-refractivity contribution in [3.63, 3.8) is 0 Å². The van der Waals surface area contributed by atoms with Crippen LogP contribution in [0.25, 0.3) is 0 Å². The molecule has 0 radical (unpaired) electrons. The first-order valence-electron chi connectivity index (χ1n) is 3.03. The molecule has 0 aliphatic carbocycles. The normalized spacial score (nSPS) is 15.2. The zero-order chi connectivity index (χ0) is 13.4. The van der Waals surface area contributed by atoms with E-state index in [2.05, 4.69) is 0 Å². The standard InChI is InChI=1S/C4F10N2/c5-2(6,1(15-12)16(13)14)3(7,8)4(9,10)11/b15-1-. The quantitative estimate of drug-likeness (QED) is 0.324. The van der Waals surface area contributed by atoms with Crippen LogP contribution in [0.5, 0.6) is 0 Å². The molecule has 0 aliphatic heterocycles. The van der Waals surface area contributed by atoms with Gasteiger partial charge in [0.1, 0.15) is 0 Å². The highest BCUT2D eigenvalue weighted by Crippen LogP contribution is 2.47. The number of halogens is 10. The second-order valence-electron chi connectivity index (χ2n) is 2.29. The van der Waals surface area contributed by atoms with Gasteiger partial charge < -0.3 is 0 Å². The van der Waals surface area contributed by atoms with Crippen molar-refractivity contribution in [3.05, 3.63) is 0 Å². The SMILES string of the molecule is F/N=C(\N(F)F)C(F)(F)C(F)(F)C(F)(F)F. The summed E-state index contributed by atoms with van der Waals surface area (Å²) in [5, 5.41) is -2.47. The molecular weight excluding hydrogens is 266 g/mol. The highest BCUT2D eigenvalue weighted by atomic mass is 19.4. The van der Waals surface area contributed by atoms with Crippen LogP contribution in [0.4, 0.5) is 44.2 Å². The van der Waals surface area contributed by atoms with Crippen LogP contribution >= 0.6 is 0 Å². The fourth-order valence-corrected chi connectivity index (χ4v) is 0.506. The van der Waals surface area contributed by atoms with E-state index in [1.54, 1.807) is 0 Å². The van der Waals surface area contributed by atoms with Gasteiger partial charge in [-0.1, -0.05) is 18.7 Å². The molecule has 0 aromatic rings. The maximum absolute atomic E-state index is 12.3. The van der Waals surface area contributed by atoms with Crippen molar-refractivity contribution in [2.75, 3.05) is 0 Å². The summed E-state index contributed by atoms with van der Waals surface area (Å²) in [6, 6.07) is 0. The van der Waals surface area contributed by atoms with Crippen LogP contribution in [0, 0.1) is 0 Å². The highest BCUT2D eigenvalue weighted by Gasteiger charge is 2.76. The van der Waals surface area contributed by atoms with Crippen LogP contribution in [0.15, 0.2) is 5.21 Å². The van der Waals surface area contributed by atoms with Crippen molar-refractivity contribution >= 4 is 5.84 Å². The zero-order valence-electron chi connectivity index (χ0n) is 6.67. The number of hydrogen-bond acceptors (Lipinski definition) is 1. The van der Waals surface area contributed by atoms with E-state index in [1.165, 1.54) is 0 Å². The lowest BCUT2D eigenvalue weighted by molar-refractivity contribution is -0.340. The summed E-state index contributed by atoms with van der Waals surface area (Å²) in [7, 11) is 0. The van der Waals surface area contributed by atoms with Crippen molar-refractivity contribution in [1.29, 1.82) is 0 Å². The van der Waals surface area contributed by atoms with Crippen LogP contribution in [0.1, 0.15) is 0 Å². The molecule has 0 aromatic carbocycles. The van der Waals surface area contributed by atoms with Crippen LogP contribution in [-0.2, 0) is 0 Å². The molecule has 2 nitrogen and oxygen atoms in total. The predicted octanol–water partition coefficient (Wildman–Crippen LogP) is 3.17. The molecule has 0 aromatic heterocycles. The van der Waals surface area contributed by atoms with E-state index in [4.69, 9.17) is 0 Å². The van der Waals surface area contributed by atoms with Gasteiger partial charge in [0.15, 0.2) is 0 Å². The minimum absolute atomic E-state index is 0.502. The Kier molecular flexibility index (Phi) is 3.67. The summed E-state index contributed by atoms with van der Waals surface area (Å²) < 4.78 is 117. The fraction of sp³-hybridized carbons (Fsp3) is 0.750. The van der Waals surface area contributed by atoms with Gasteiger partial charge >= 0.3 is 18.0 Å². The maximum atomic E-state index is 12.3. The van der Waals surface area contributed by atoms with Crippen molar-refractivity contribution in [2.24, 2.45) is 5.21 Å². The van der Waals surface area contributed by atoms with Gasteiger partial charge in [0.25, 0.3) is 5.84 Å². The summed E-state index contributed by atoms with van der Waals surface area (Å²) in [6.45, 7) is 0. The van der Waals surface area contributed by atoms with Gasteiger partial charge in [-0.05, 0) is 5.34 Å². The molecule has 0 heterocycles. The number of alkyl halides is 7. The molecule has 0 rings (SSSR count). The Bertz CT molecular complexity index is 277. The molecule has 0 unspecified atom stereocenters. The molecule has 0 aliphatic rings. The molecule has 0 N–H and O–H groups in total. The second-order valence-corrected chi connectivity index (χ2v) is 2.29. The van der Waals surface area contributed by atoms with Gasteiger partial charge in [-0.2, -0.15) is 30.7 Å². The number of amidine groups is 1. The lowest BCUT2D eigenvalue weighted by Crippen LogP contribution is -2.58. The first-order valence-corrected chi connectivity index (χ1v) is 3.03. The Morgan fingerprint density at radius 2 is 1.25 bits per heavy atom. The molecule has 0 amide bonds. The molecule has 0 spiro atoms. The number of rotatable bonds is 2. The predicted molar refractivity (Wildman–Crippen MR) is 28.5 cm³/mol. The van der Waals surface area contributed by atoms with E-state index in [-0.39, 0.29) is 0 Å². The second kappa shape index (κ2) is 3.97. The molecule has 96 valence electrons. The van der Waals surface area contributed by atoms with Crippen molar-refractivity contribution in [2.45, 2.75) is 18.0 Å². The minimum atomic E-state index is -6.89. The Morgan fingerprint density at radius 1 is 0.875 bits per heavy atom. The molecule has 0 saturated heterocycles. The van der Waals surface area contributed by atoms with E-state index in [0.29, 0.717) is 5.21 Å². The molecule has 0 atom stereocenters. The van der Waals surface area contributed by atoms with Crippen LogP contribution < -0.4 is 0 Å². The number of nitrogens with zero attached hydrogens (tertiary/aromatic N) is 2. The average Bonchev–Trinajstić information content (AvgIpc) is 2.01. The van der Waals surface area contributed by atoms with E-state index >= 15 is 0 Å². The third-order valence-electron chi connectivity index (χ3n) is 1.27. The Morgan fingerprint density at radius 3 is 1.44 bits per heavy atom. The Hall–Kier alpha value is -1.23. The third kappa shape index (κ3) is 2.14. The fourth-order valence-electron chi connectivity index (χ4n) is 0.506. The highest BCUT2D eigenvalue weighted by molar-refractivity contribution is 5.88. The largest absolute Gasteiger partial charge is 0.460 e. The van der Waals surface area contributed by atoms with Crippen LogP contribution in [0.2, 0.25) is 0 Å². The van der Waals surface area contributed by atoms with Gasteiger partial charge in [-0.15, -0.1) is 0 Å². The average molecular weight is 266 g/mol. The van der Waals surface area contributed by atoms with Crippen molar-refractivity contribution in [1.82, 2.24) is 5.34 Å². The van der Waals surface area contributed by atoms with Gasteiger partial charge in [-0.25, -0.2) is 0 Å². The molecule has 16 heavy (non-hydrogen) atoms. The molecule has 0 fully saturated rings. The topological polar surface area (TPSA) is 15.6 Å². The number of hydrogen-bond donors (Lipinski definition) is 0. The first kappa shape index (κ1) is 14.8. The molecule has 0 bridgehead atoms. The van der Waals surface area contributed by atoms with Crippen LogP contribution in [0.3, 0.4) is 0 Å². The third-order valence-corrected chi connectivity index (χ3v) is 1.27. The van der Waals surface area contributed by atoms with E-state index < -0.39 is 29.2 Å². The lowest BCUT2D eigenvalue weighted by Gasteiger charge is -2.27. The zero-order valence-corrected chi connectivity index (χ0v) is 6.67. The van der Waals surface area contributed by atoms with Crippen molar-refractivity contribution < 1.29 is 44.2 Å². The minimum Gasteiger partial charge on any atom is -0.190 e. The molecular formula is C4F10N2. The Labute approximate surface area is 80.0 Å². The first-order chi connectivity index (χ1) is 6.89. The van der Waals surface area contributed by atoms with Crippen LogP contribution in [-0.4, -0.2) is 29.2 Å². The summed E-state index contributed by atoms with van der Waals surface area (Å²) in [4.78, 5) is 0. The molecule has 0 saturated carbocycles. The summed E-state index contributed by atoms with van der Waals surface area (Å²) in [5.41, 5.74) is 0. The summed E-state index contributed by atoms with van der Waals surface area (Å²) in [5.74, 6) is -17.1.